The lowest BCUT2D eigenvalue weighted by Crippen LogP contribution is -2.27. The Labute approximate surface area is 106 Å². The van der Waals surface area contributed by atoms with Crippen molar-refractivity contribution in [1.82, 2.24) is 5.32 Å². The molecule has 0 bridgehead atoms. The van der Waals surface area contributed by atoms with Crippen LogP contribution in [0.5, 0.6) is 0 Å². The summed E-state index contributed by atoms with van der Waals surface area (Å²) >= 11 is 12.2. The molecule has 1 nitrogen and oxygen atoms in total. The summed E-state index contributed by atoms with van der Waals surface area (Å²) in [7, 11) is 0. The molecule has 0 fully saturated rings. The molecule has 3 heteroatoms. The van der Waals surface area contributed by atoms with Crippen LogP contribution in [-0.2, 0) is 6.42 Å². The normalized spacial score (nSPS) is 20.6. The summed E-state index contributed by atoms with van der Waals surface area (Å²) in [4.78, 5) is 0. The smallest absolute Gasteiger partial charge is 0.0456 e. The molecule has 0 heterocycles. The lowest BCUT2D eigenvalue weighted by Gasteiger charge is -2.18. The summed E-state index contributed by atoms with van der Waals surface area (Å²) in [6, 6.07) is 4.48. The summed E-state index contributed by atoms with van der Waals surface area (Å²) in [5.41, 5.74) is 2.48. The molecule has 1 aliphatic carbocycles. The number of fused-ring (bicyclic) bond motifs is 1. The molecule has 1 aromatic carbocycles. The first-order valence-electron chi connectivity index (χ1n) is 5.48. The highest BCUT2D eigenvalue weighted by molar-refractivity contribution is 6.35. The topological polar surface area (TPSA) is 12.0 Å². The largest absolute Gasteiger partial charge is 0.304 e. The fourth-order valence-electron chi connectivity index (χ4n) is 2.20. The SMILES string of the molecule is C=CC(C)NC1CCc2c(Cl)cc(Cl)cc21. The van der Waals surface area contributed by atoms with Crippen molar-refractivity contribution in [3.05, 3.63) is 46.0 Å². The van der Waals surface area contributed by atoms with Crippen LogP contribution in [0, 0.1) is 0 Å². The van der Waals surface area contributed by atoms with Crippen LogP contribution < -0.4 is 5.32 Å². The summed E-state index contributed by atoms with van der Waals surface area (Å²) in [5.74, 6) is 0. The average Bonchev–Trinajstić information content (AvgIpc) is 2.61. The lowest BCUT2D eigenvalue weighted by molar-refractivity contribution is 0.500. The predicted octanol–water partition coefficient (Wildman–Crippen LogP) is 4.14. The number of halogens is 2. The van der Waals surface area contributed by atoms with Gasteiger partial charge in [0.2, 0.25) is 0 Å². The molecular formula is C13H15Cl2N. The zero-order valence-electron chi connectivity index (χ0n) is 9.26. The molecule has 2 atom stereocenters. The Morgan fingerprint density at radius 2 is 2.25 bits per heavy atom. The van der Waals surface area contributed by atoms with Gasteiger partial charge in [-0.25, -0.2) is 0 Å². The second-order valence-corrected chi connectivity index (χ2v) is 5.08. The van der Waals surface area contributed by atoms with Crippen LogP contribution in [0.1, 0.15) is 30.5 Å². The van der Waals surface area contributed by atoms with E-state index >= 15 is 0 Å². The van der Waals surface area contributed by atoms with E-state index < -0.39 is 0 Å². The van der Waals surface area contributed by atoms with Gasteiger partial charge in [-0.2, -0.15) is 0 Å². The highest BCUT2D eigenvalue weighted by Crippen LogP contribution is 2.38. The Hall–Kier alpha value is -0.500. The maximum Gasteiger partial charge on any atom is 0.0456 e. The fourth-order valence-corrected chi connectivity index (χ4v) is 2.80. The standard InChI is InChI=1S/C13H15Cl2N/c1-3-8(2)16-13-5-4-10-11(13)6-9(14)7-12(10)15/h3,6-8,13,16H,1,4-5H2,2H3. The second kappa shape index (κ2) is 4.79. The van der Waals surface area contributed by atoms with E-state index in [4.69, 9.17) is 23.2 Å². The summed E-state index contributed by atoms with van der Waals surface area (Å²) in [5, 5.41) is 5.01. The van der Waals surface area contributed by atoms with E-state index in [2.05, 4.69) is 18.8 Å². The molecule has 86 valence electrons. The molecular weight excluding hydrogens is 241 g/mol. The van der Waals surface area contributed by atoms with Crippen molar-refractivity contribution >= 4 is 23.2 Å². The zero-order valence-corrected chi connectivity index (χ0v) is 10.8. The quantitative estimate of drug-likeness (QED) is 0.801. The van der Waals surface area contributed by atoms with E-state index in [0.717, 1.165) is 17.9 Å². The molecule has 0 aliphatic heterocycles. The van der Waals surface area contributed by atoms with Crippen LogP contribution in [0.2, 0.25) is 10.0 Å². The number of hydrogen-bond donors (Lipinski definition) is 1. The van der Waals surface area contributed by atoms with Crippen molar-refractivity contribution in [2.45, 2.75) is 31.8 Å². The molecule has 2 rings (SSSR count). The summed E-state index contributed by atoms with van der Waals surface area (Å²) in [6.07, 6.45) is 4.00. The van der Waals surface area contributed by atoms with E-state index in [1.807, 2.05) is 18.2 Å². The van der Waals surface area contributed by atoms with Gasteiger partial charge in [-0.15, -0.1) is 6.58 Å². The monoisotopic (exact) mass is 255 g/mol. The number of rotatable bonds is 3. The van der Waals surface area contributed by atoms with Crippen LogP contribution in [-0.4, -0.2) is 6.04 Å². The molecule has 0 aromatic heterocycles. The molecule has 0 spiro atoms. The Morgan fingerprint density at radius 3 is 2.94 bits per heavy atom. The van der Waals surface area contributed by atoms with Crippen molar-refractivity contribution < 1.29 is 0 Å². The van der Waals surface area contributed by atoms with Gasteiger partial charge in [0.15, 0.2) is 0 Å². The van der Waals surface area contributed by atoms with E-state index in [1.54, 1.807) is 0 Å². The maximum atomic E-state index is 6.18. The van der Waals surface area contributed by atoms with Crippen molar-refractivity contribution in [2.24, 2.45) is 0 Å². The summed E-state index contributed by atoms with van der Waals surface area (Å²) in [6.45, 7) is 5.87. The van der Waals surface area contributed by atoms with Gasteiger partial charge in [-0.1, -0.05) is 29.3 Å². The van der Waals surface area contributed by atoms with Crippen molar-refractivity contribution in [1.29, 1.82) is 0 Å². The first kappa shape index (κ1) is 12.0. The molecule has 2 unspecified atom stereocenters. The van der Waals surface area contributed by atoms with Gasteiger partial charge in [0, 0.05) is 22.1 Å². The van der Waals surface area contributed by atoms with Gasteiger partial charge in [-0.3, -0.25) is 0 Å². The number of hydrogen-bond acceptors (Lipinski definition) is 1. The van der Waals surface area contributed by atoms with Crippen LogP contribution in [0.25, 0.3) is 0 Å². The number of benzene rings is 1. The van der Waals surface area contributed by atoms with Crippen LogP contribution >= 0.6 is 23.2 Å². The predicted molar refractivity (Wildman–Crippen MR) is 70.3 cm³/mol. The van der Waals surface area contributed by atoms with Gasteiger partial charge in [0.25, 0.3) is 0 Å². The van der Waals surface area contributed by atoms with Gasteiger partial charge in [0.1, 0.15) is 0 Å². The minimum atomic E-state index is 0.300. The minimum Gasteiger partial charge on any atom is -0.304 e. The fraction of sp³-hybridized carbons (Fsp3) is 0.385. The highest BCUT2D eigenvalue weighted by atomic mass is 35.5. The molecule has 1 aromatic rings. The first-order valence-corrected chi connectivity index (χ1v) is 6.24. The molecule has 0 amide bonds. The van der Waals surface area contributed by atoms with Crippen LogP contribution in [0.15, 0.2) is 24.8 Å². The van der Waals surface area contributed by atoms with Crippen molar-refractivity contribution in [2.75, 3.05) is 0 Å². The Balaban J connectivity index is 2.28. The Bertz CT molecular complexity index is 415. The third-order valence-corrected chi connectivity index (χ3v) is 3.63. The van der Waals surface area contributed by atoms with Crippen molar-refractivity contribution in [3.8, 4) is 0 Å². The Morgan fingerprint density at radius 1 is 1.50 bits per heavy atom. The van der Waals surface area contributed by atoms with Gasteiger partial charge >= 0.3 is 0 Å². The lowest BCUT2D eigenvalue weighted by atomic mass is 10.1. The van der Waals surface area contributed by atoms with E-state index in [0.29, 0.717) is 17.1 Å². The molecule has 0 saturated carbocycles. The molecule has 0 saturated heterocycles. The second-order valence-electron chi connectivity index (χ2n) is 4.24. The Kier molecular flexibility index (Phi) is 3.58. The van der Waals surface area contributed by atoms with E-state index in [1.165, 1.54) is 11.1 Å². The first-order chi connectivity index (χ1) is 7.61. The van der Waals surface area contributed by atoms with Crippen LogP contribution in [0.4, 0.5) is 0 Å². The molecule has 1 aliphatic rings. The van der Waals surface area contributed by atoms with Crippen LogP contribution in [0.3, 0.4) is 0 Å². The molecule has 0 radical (unpaired) electrons. The van der Waals surface area contributed by atoms with Crippen molar-refractivity contribution in [3.63, 3.8) is 0 Å². The van der Waals surface area contributed by atoms with E-state index in [9.17, 15) is 0 Å². The van der Waals surface area contributed by atoms with Gasteiger partial charge < -0.3 is 5.32 Å². The van der Waals surface area contributed by atoms with Gasteiger partial charge in [0.05, 0.1) is 0 Å². The molecule has 16 heavy (non-hydrogen) atoms. The maximum absolute atomic E-state index is 6.18. The molecule has 1 N–H and O–H groups in total. The third-order valence-electron chi connectivity index (χ3n) is 3.07. The third kappa shape index (κ3) is 2.27. The zero-order chi connectivity index (χ0) is 11.7. The summed E-state index contributed by atoms with van der Waals surface area (Å²) < 4.78 is 0. The van der Waals surface area contributed by atoms with E-state index in [-0.39, 0.29) is 0 Å². The van der Waals surface area contributed by atoms with Gasteiger partial charge in [-0.05, 0) is 43.0 Å². The number of nitrogens with one attached hydrogen (secondary N) is 1. The minimum absolute atomic E-state index is 0.300. The highest BCUT2D eigenvalue weighted by Gasteiger charge is 2.25. The average molecular weight is 256 g/mol.